The summed E-state index contributed by atoms with van der Waals surface area (Å²) in [7, 11) is 0. The summed E-state index contributed by atoms with van der Waals surface area (Å²) in [6, 6.07) is 0. The molecule has 0 unspecified atom stereocenters. The summed E-state index contributed by atoms with van der Waals surface area (Å²) in [4.78, 5) is 3.77. The number of rotatable bonds is 0. The summed E-state index contributed by atoms with van der Waals surface area (Å²) in [5.41, 5.74) is 5.26. The molecule has 0 spiro atoms. The maximum absolute atomic E-state index is 5.26. The first-order valence-corrected chi connectivity index (χ1v) is 3.27. The average Bonchev–Trinajstić information content (AvgIpc) is 1.87. The van der Waals surface area contributed by atoms with Crippen LogP contribution in [-0.4, -0.2) is 4.98 Å². The molecular formula is C3H4BrN2S+. The third kappa shape index (κ3) is 1.14. The number of halogens is 1. The Kier molecular flexibility index (Phi) is 1.30. The van der Waals surface area contributed by atoms with E-state index < -0.39 is 0 Å². The first-order valence-electron chi connectivity index (χ1n) is 1.66. The monoisotopic (exact) mass is 179 g/mol. The summed E-state index contributed by atoms with van der Waals surface area (Å²) in [6.07, 6.45) is 1.68. The largest absolute Gasteiger partial charge is 1.00 e. The van der Waals surface area contributed by atoms with E-state index in [4.69, 9.17) is 5.73 Å². The zero-order valence-corrected chi connectivity index (χ0v) is 5.79. The Morgan fingerprint density at radius 2 is 2.71 bits per heavy atom. The van der Waals surface area contributed by atoms with E-state index in [-0.39, 0.29) is 1.43 Å². The second-order valence-electron chi connectivity index (χ2n) is 1.00. The van der Waals surface area contributed by atoms with Crippen molar-refractivity contribution in [2.45, 2.75) is 0 Å². The smallest absolute Gasteiger partial charge is 0.375 e. The number of nitrogen functional groups attached to an aromatic ring is 1. The Labute approximate surface area is 55.0 Å². The fraction of sp³-hybridized carbons (Fsp3) is 0. The predicted molar refractivity (Wildman–Crippen MR) is 35.3 cm³/mol. The first-order chi connectivity index (χ1) is 3.29. The minimum atomic E-state index is 0. The van der Waals surface area contributed by atoms with Crippen LogP contribution < -0.4 is 5.73 Å². The van der Waals surface area contributed by atoms with Gasteiger partial charge in [-0.3, -0.25) is 0 Å². The number of nitrogens with two attached hydrogens (primary N) is 1. The van der Waals surface area contributed by atoms with Gasteiger partial charge in [-0.1, -0.05) is 11.3 Å². The molecule has 0 aliphatic heterocycles. The van der Waals surface area contributed by atoms with Crippen LogP contribution in [0.5, 0.6) is 0 Å². The van der Waals surface area contributed by atoms with Crippen LogP contribution in [0.4, 0.5) is 5.13 Å². The van der Waals surface area contributed by atoms with Crippen LogP contribution in [0.3, 0.4) is 0 Å². The zero-order chi connectivity index (χ0) is 5.28. The molecule has 0 aromatic carbocycles. The van der Waals surface area contributed by atoms with Gasteiger partial charge >= 0.3 is 1.43 Å². The van der Waals surface area contributed by atoms with Crippen molar-refractivity contribution in [3.8, 4) is 0 Å². The lowest BCUT2D eigenvalue weighted by atomic mass is 11.0. The molecule has 4 heteroatoms. The lowest BCUT2D eigenvalue weighted by Crippen LogP contribution is -1.77. The predicted octanol–water partition coefficient (Wildman–Crippen LogP) is 1.60. The minimum absolute atomic E-state index is 0. The summed E-state index contributed by atoms with van der Waals surface area (Å²) >= 11 is 4.63. The molecule has 0 aliphatic carbocycles. The van der Waals surface area contributed by atoms with Crippen molar-refractivity contribution in [1.29, 1.82) is 0 Å². The molecule has 38 valence electrons. The van der Waals surface area contributed by atoms with E-state index in [0.29, 0.717) is 5.13 Å². The van der Waals surface area contributed by atoms with Crippen molar-refractivity contribution in [2.75, 3.05) is 5.73 Å². The first kappa shape index (κ1) is 5.05. The Morgan fingerprint density at radius 1 is 2.00 bits per heavy atom. The second kappa shape index (κ2) is 1.79. The highest BCUT2D eigenvalue weighted by molar-refractivity contribution is 9.11. The molecule has 0 atom stereocenters. The standard InChI is InChI=1S/C3H3BrN2S/c4-2-1-6-3(5)7-2/h1H,(H2,5,6)/p+1. The molecule has 1 aromatic rings. The number of nitrogens with zero attached hydrogens (tertiary/aromatic N) is 1. The summed E-state index contributed by atoms with van der Waals surface area (Å²) in [5, 5.41) is 0.604. The van der Waals surface area contributed by atoms with E-state index in [1.165, 1.54) is 11.3 Å². The lowest BCUT2D eigenvalue weighted by molar-refractivity contribution is 1.42. The summed E-state index contributed by atoms with van der Waals surface area (Å²) in [5.74, 6) is 0. The molecule has 1 rings (SSSR count). The number of anilines is 1. The van der Waals surface area contributed by atoms with Crippen molar-refractivity contribution in [3.05, 3.63) is 9.98 Å². The molecule has 0 aliphatic rings. The molecule has 0 radical (unpaired) electrons. The molecule has 1 aromatic heterocycles. The Bertz CT molecular complexity index is 150. The highest BCUT2D eigenvalue weighted by Gasteiger charge is 1.88. The minimum Gasteiger partial charge on any atom is -0.375 e. The van der Waals surface area contributed by atoms with Crippen LogP contribution >= 0.6 is 27.3 Å². The van der Waals surface area contributed by atoms with Crippen LogP contribution in [-0.2, 0) is 0 Å². The number of thiazole rings is 1. The van der Waals surface area contributed by atoms with Gasteiger partial charge in [0.1, 0.15) is 0 Å². The van der Waals surface area contributed by atoms with Crippen LogP contribution in [0, 0.1) is 0 Å². The summed E-state index contributed by atoms with van der Waals surface area (Å²) in [6.45, 7) is 0. The van der Waals surface area contributed by atoms with Gasteiger partial charge in [0, 0.05) is 0 Å². The fourth-order valence-corrected chi connectivity index (χ4v) is 1.28. The Morgan fingerprint density at radius 3 is 2.86 bits per heavy atom. The van der Waals surface area contributed by atoms with Gasteiger partial charge < -0.3 is 5.73 Å². The van der Waals surface area contributed by atoms with Gasteiger partial charge in [-0.2, -0.15) is 0 Å². The lowest BCUT2D eigenvalue weighted by Gasteiger charge is -1.69. The van der Waals surface area contributed by atoms with Gasteiger partial charge in [0.25, 0.3) is 0 Å². The molecule has 0 fully saturated rings. The highest BCUT2D eigenvalue weighted by atomic mass is 79.9. The van der Waals surface area contributed by atoms with Crippen LogP contribution in [0.1, 0.15) is 1.43 Å². The van der Waals surface area contributed by atoms with E-state index >= 15 is 0 Å². The van der Waals surface area contributed by atoms with Crippen molar-refractivity contribution in [3.63, 3.8) is 0 Å². The maximum atomic E-state index is 5.26. The van der Waals surface area contributed by atoms with Gasteiger partial charge in [0.15, 0.2) is 5.13 Å². The molecule has 7 heavy (non-hydrogen) atoms. The maximum Gasteiger partial charge on any atom is 1.00 e. The normalized spacial score (nSPS) is 9.29. The van der Waals surface area contributed by atoms with E-state index in [0.717, 1.165) is 3.79 Å². The molecule has 0 bridgehead atoms. The van der Waals surface area contributed by atoms with Crippen LogP contribution in [0.2, 0.25) is 0 Å². The molecule has 2 nitrogen and oxygen atoms in total. The number of aromatic nitrogens is 1. The van der Waals surface area contributed by atoms with Gasteiger partial charge in [-0.25, -0.2) is 4.98 Å². The molecule has 0 saturated heterocycles. The van der Waals surface area contributed by atoms with Crippen LogP contribution in [0.25, 0.3) is 0 Å². The van der Waals surface area contributed by atoms with Gasteiger partial charge in [-0.05, 0) is 15.9 Å². The zero-order valence-electron chi connectivity index (χ0n) is 4.39. The topological polar surface area (TPSA) is 38.9 Å². The number of hydrogen-bond acceptors (Lipinski definition) is 3. The Hall–Kier alpha value is -0.0900. The molecule has 2 N–H and O–H groups in total. The second-order valence-corrected chi connectivity index (χ2v) is 3.44. The van der Waals surface area contributed by atoms with Crippen molar-refractivity contribution in [2.24, 2.45) is 0 Å². The van der Waals surface area contributed by atoms with Crippen molar-refractivity contribution in [1.82, 2.24) is 4.98 Å². The molecule has 1 heterocycles. The highest BCUT2D eigenvalue weighted by Crippen LogP contribution is 2.19. The molecule has 0 saturated carbocycles. The third-order valence-corrected chi connectivity index (χ3v) is 1.80. The van der Waals surface area contributed by atoms with Crippen LogP contribution in [0.15, 0.2) is 9.98 Å². The molecular weight excluding hydrogens is 176 g/mol. The van der Waals surface area contributed by atoms with Gasteiger partial charge in [-0.15, -0.1) is 0 Å². The third-order valence-electron chi connectivity index (χ3n) is 0.495. The van der Waals surface area contributed by atoms with Gasteiger partial charge in [0.2, 0.25) is 0 Å². The van der Waals surface area contributed by atoms with E-state index in [2.05, 4.69) is 20.9 Å². The van der Waals surface area contributed by atoms with E-state index in [1.807, 2.05) is 0 Å². The van der Waals surface area contributed by atoms with E-state index in [1.54, 1.807) is 6.20 Å². The van der Waals surface area contributed by atoms with Gasteiger partial charge in [0.05, 0.1) is 9.98 Å². The summed E-state index contributed by atoms with van der Waals surface area (Å²) < 4.78 is 0.977. The number of hydrogen-bond donors (Lipinski definition) is 1. The van der Waals surface area contributed by atoms with Crippen molar-refractivity contribution < 1.29 is 1.43 Å². The Balaban J connectivity index is 0.000000490. The SMILES string of the molecule is Nc1ncc(Br)s1.[H+]. The molecule has 0 amide bonds. The quantitative estimate of drug-likeness (QED) is 0.658. The fourth-order valence-electron chi connectivity index (χ4n) is 0.267. The van der Waals surface area contributed by atoms with E-state index in [9.17, 15) is 0 Å². The average molecular weight is 180 g/mol. The van der Waals surface area contributed by atoms with Crippen molar-refractivity contribution >= 4 is 32.4 Å².